The Morgan fingerprint density at radius 3 is 2.20 bits per heavy atom. The van der Waals surface area contributed by atoms with Gasteiger partial charge >= 0.3 is 0 Å². The van der Waals surface area contributed by atoms with E-state index in [2.05, 4.69) is 4.72 Å². The van der Waals surface area contributed by atoms with E-state index < -0.39 is 16.1 Å². The Morgan fingerprint density at radius 1 is 1.60 bits per heavy atom. The molecule has 1 unspecified atom stereocenters. The van der Waals surface area contributed by atoms with Gasteiger partial charge in [0.2, 0.25) is 10.0 Å². The van der Waals surface area contributed by atoms with Crippen molar-refractivity contribution in [3.05, 3.63) is 0 Å². The Kier molecular flexibility index (Phi) is 3.52. The highest BCUT2D eigenvalue weighted by Gasteiger charge is 2.08. The fourth-order valence-corrected chi connectivity index (χ4v) is 1.25. The highest BCUT2D eigenvalue weighted by molar-refractivity contribution is 7.88. The number of sulfonamides is 1. The van der Waals surface area contributed by atoms with Gasteiger partial charge in [-0.3, -0.25) is 0 Å². The largest absolute Gasteiger partial charge is 0.302 e. The quantitative estimate of drug-likeness (QED) is 0.572. The minimum absolute atomic E-state index is 0.483. The van der Waals surface area contributed by atoms with E-state index in [9.17, 15) is 13.2 Å². The van der Waals surface area contributed by atoms with Crippen LogP contribution in [0.25, 0.3) is 0 Å². The minimum Gasteiger partial charge on any atom is -0.302 e. The first-order valence-corrected chi connectivity index (χ1v) is 4.81. The topological polar surface area (TPSA) is 63.2 Å². The van der Waals surface area contributed by atoms with E-state index in [1.165, 1.54) is 0 Å². The molecule has 0 aliphatic carbocycles. The van der Waals surface area contributed by atoms with Crippen LogP contribution < -0.4 is 4.72 Å². The molecule has 1 atom stereocenters. The smallest absolute Gasteiger partial charge is 0.209 e. The molecule has 0 amide bonds. The summed E-state index contributed by atoms with van der Waals surface area (Å²) in [6.07, 6.45) is 2.09. The van der Waals surface area contributed by atoms with Crippen molar-refractivity contribution < 1.29 is 13.2 Å². The molecule has 0 fully saturated rings. The highest BCUT2D eigenvalue weighted by atomic mass is 32.2. The third-order valence-corrected chi connectivity index (χ3v) is 1.70. The maximum absolute atomic E-state index is 10.5. The van der Waals surface area contributed by atoms with E-state index in [1.54, 1.807) is 6.92 Å². The van der Waals surface area contributed by atoms with Crippen molar-refractivity contribution in [1.29, 1.82) is 0 Å². The molecule has 0 spiro atoms. The van der Waals surface area contributed by atoms with Crippen LogP contribution in [0, 0.1) is 0 Å². The van der Waals surface area contributed by atoms with Crippen molar-refractivity contribution in [1.82, 2.24) is 4.72 Å². The Hall–Kier alpha value is -0.420. The molecule has 60 valence electrons. The maximum atomic E-state index is 10.5. The Bertz CT molecular complexity index is 197. The van der Waals surface area contributed by atoms with E-state index in [1.807, 2.05) is 0 Å². The summed E-state index contributed by atoms with van der Waals surface area (Å²) in [7, 11) is -3.23. The van der Waals surface area contributed by atoms with Crippen LogP contribution in [0.5, 0.6) is 0 Å². The molecule has 0 aromatic heterocycles. The lowest BCUT2D eigenvalue weighted by Crippen LogP contribution is -2.34. The predicted molar refractivity (Wildman–Crippen MR) is 38.1 cm³/mol. The molecule has 0 aliphatic heterocycles. The molecule has 0 bridgehead atoms. The Balaban J connectivity index is 4.00. The number of nitrogens with one attached hydrogen (secondary N) is 1. The van der Waals surface area contributed by atoms with Crippen molar-refractivity contribution in [3.8, 4) is 0 Å². The van der Waals surface area contributed by atoms with Crippen LogP contribution in [-0.4, -0.2) is 27.0 Å². The monoisotopic (exact) mass is 165 g/mol. The second-order valence-electron chi connectivity index (χ2n) is 2.04. The summed E-state index contributed by atoms with van der Waals surface area (Å²) in [5.41, 5.74) is 0. The van der Waals surface area contributed by atoms with Crippen molar-refractivity contribution in [2.75, 3.05) is 6.26 Å². The normalized spacial score (nSPS) is 14.6. The number of carbonyl (C=O) groups excluding carboxylic acids is 1. The Labute approximate surface area is 60.7 Å². The molecule has 1 N–H and O–H groups in total. The molecule has 0 heterocycles. The van der Waals surface area contributed by atoms with Gasteiger partial charge in [-0.2, -0.15) is 0 Å². The lowest BCUT2D eigenvalue weighted by atomic mass is 10.3. The molecule has 0 radical (unpaired) electrons. The number of hydrogen-bond acceptors (Lipinski definition) is 3. The number of hydrogen-bond donors (Lipinski definition) is 1. The number of aldehydes is 1. The summed E-state index contributed by atoms with van der Waals surface area (Å²) >= 11 is 0. The molecule has 0 rings (SSSR count). The van der Waals surface area contributed by atoms with E-state index in [0.717, 1.165) is 6.26 Å². The van der Waals surface area contributed by atoms with Crippen LogP contribution in [0.4, 0.5) is 0 Å². The first-order valence-electron chi connectivity index (χ1n) is 2.92. The van der Waals surface area contributed by atoms with Crippen molar-refractivity contribution >= 4 is 16.3 Å². The standard InChI is InChI=1S/C5H11NO3S/c1-3-5(4-7)6-10(2,8)9/h4-6H,3H2,1-2H3. The summed E-state index contributed by atoms with van der Waals surface area (Å²) < 4.78 is 23.1. The van der Waals surface area contributed by atoms with Gasteiger partial charge in [0.05, 0.1) is 12.3 Å². The average molecular weight is 165 g/mol. The fraction of sp³-hybridized carbons (Fsp3) is 0.800. The molecule has 0 aliphatic rings. The molecule has 0 saturated carbocycles. The Morgan fingerprint density at radius 2 is 2.10 bits per heavy atom. The lowest BCUT2D eigenvalue weighted by Gasteiger charge is -2.06. The lowest BCUT2D eigenvalue weighted by molar-refractivity contribution is -0.109. The molecule has 4 nitrogen and oxygen atoms in total. The van der Waals surface area contributed by atoms with Gasteiger partial charge in [0.1, 0.15) is 6.29 Å². The first-order chi connectivity index (χ1) is 4.49. The van der Waals surface area contributed by atoms with Crippen LogP contribution in [-0.2, 0) is 14.8 Å². The summed E-state index contributed by atoms with van der Waals surface area (Å²) in [5, 5.41) is 0. The van der Waals surface area contributed by atoms with Crippen molar-refractivity contribution in [2.45, 2.75) is 19.4 Å². The zero-order valence-electron chi connectivity index (χ0n) is 5.99. The molecular formula is C5H11NO3S. The highest BCUT2D eigenvalue weighted by Crippen LogP contribution is 1.87. The summed E-state index contributed by atoms with van der Waals surface area (Å²) in [6.45, 7) is 1.73. The van der Waals surface area contributed by atoms with Crippen molar-refractivity contribution in [3.63, 3.8) is 0 Å². The second-order valence-corrected chi connectivity index (χ2v) is 3.82. The van der Waals surface area contributed by atoms with E-state index in [-0.39, 0.29) is 0 Å². The molecule has 0 aromatic carbocycles. The van der Waals surface area contributed by atoms with Crippen LogP contribution in [0.15, 0.2) is 0 Å². The van der Waals surface area contributed by atoms with Crippen LogP contribution >= 0.6 is 0 Å². The maximum Gasteiger partial charge on any atom is 0.209 e. The van der Waals surface area contributed by atoms with E-state index in [4.69, 9.17) is 0 Å². The summed E-state index contributed by atoms with van der Waals surface area (Å²) in [6, 6.07) is -0.574. The SMILES string of the molecule is CCC(C=O)NS(C)(=O)=O. The van der Waals surface area contributed by atoms with Gasteiger partial charge in [0, 0.05) is 0 Å². The number of carbonyl (C=O) groups is 1. The molecule has 0 saturated heterocycles. The third-order valence-electron chi connectivity index (χ3n) is 0.970. The fourth-order valence-electron chi connectivity index (χ4n) is 0.482. The average Bonchev–Trinajstić information content (AvgIpc) is 1.81. The van der Waals surface area contributed by atoms with E-state index >= 15 is 0 Å². The molecule has 10 heavy (non-hydrogen) atoms. The molecule has 5 heteroatoms. The zero-order valence-corrected chi connectivity index (χ0v) is 6.81. The zero-order chi connectivity index (χ0) is 8.20. The van der Waals surface area contributed by atoms with Gasteiger partial charge < -0.3 is 4.79 Å². The predicted octanol–water partition coefficient (Wildman–Crippen LogP) is -0.487. The van der Waals surface area contributed by atoms with E-state index in [0.29, 0.717) is 12.7 Å². The summed E-state index contributed by atoms with van der Waals surface area (Å²) in [4.78, 5) is 10.1. The van der Waals surface area contributed by atoms with Crippen LogP contribution in [0.1, 0.15) is 13.3 Å². The molecular weight excluding hydrogens is 154 g/mol. The molecule has 0 aromatic rings. The summed E-state index contributed by atoms with van der Waals surface area (Å²) in [5.74, 6) is 0. The third kappa shape index (κ3) is 4.46. The second kappa shape index (κ2) is 3.68. The van der Waals surface area contributed by atoms with Crippen LogP contribution in [0.3, 0.4) is 0 Å². The van der Waals surface area contributed by atoms with Gasteiger partial charge in [-0.15, -0.1) is 0 Å². The van der Waals surface area contributed by atoms with Gasteiger partial charge in [0.15, 0.2) is 0 Å². The van der Waals surface area contributed by atoms with Crippen LogP contribution in [0.2, 0.25) is 0 Å². The number of rotatable bonds is 4. The van der Waals surface area contributed by atoms with Gasteiger partial charge in [-0.05, 0) is 6.42 Å². The minimum atomic E-state index is -3.23. The van der Waals surface area contributed by atoms with Crippen molar-refractivity contribution in [2.24, 2.45) is 0 Å². The first kappa shape index (κ1) is 9.58. The van der Waals surface area contributed by atoms with Gasteiger partial charge in [0.25, 0.3) is 0 Å². The van der Waals surface area contributed by atoms with Gasteiger partial charge in [-0.1, -0.05) is 6.92 Å². The van der Waals surface area contributed by atoms with Gasteiger partial charge in [-0.25, -0.2) is 13.1 Å².